The number of methoxy groups -OCH3 is 1. The zero-order valence-corrected chi connectivity index (χ0v) is 20.1. The summed E-state index contributed by atoms with van der Waals surface area (Å²) in [6.07, 6.45) is 1.77. The molecule has 180 valence electrons. The normalized spacial score (nSPS) is 12.2. The number of nitrogens with one attached hydrogen (secondary N) is 1. The van der Waals surface area contributed by atoms with Crippen LogP contribution in [0.4, 0.5) is 0 Å². The maximum atomic E-state index is 13.1. The van der Waals surface area contributed by atoms with Crippen molar-refractivity contribution in [2.45, 2.75) is 0 Å². The summed E-state index contributed by atoms with van der Waals surface area (Å²) in [5, 5.41) is 0. The molecule has 0 aliphatic rings. The zero-order valence-electron chi connectivity index (χ0n) is 19.3. The molecular weight excluding hydrogens is 484 g/mol. The lowest BCUT2D eigenvalue weighted by Crippen LogP contribution is -2.29. The molecule has 0 radical (unpaired) electrons. The first kappa shape index (κ1) is 21.8. The van der Waals surface area contributed by atoms with Crippen molar-refractivity contribution < 1.29 is 9.47 Å². The number of thiazole rings is 1. The second kappa shape index (κ2) is 7.92. The molecule has 6 rings (SSSR count). The van der Waals surface area contributed by atoms with Crippen LogP contribution < -0.4 is 30.8 Å². The molecule has 12 heteroatoms. The second-order valence-corrected chi connectivity index (χ2v) is 9.10. The van der Waals surface area contributed by atoms with Gasteiger partial charge in [0, 0.05) is 14.1 Å². The van der Waals surface area contributed by atoms with Crippen LogP contribution in [0.3, 0.4) is 0 Å². The average Bonchev–Trinajstić information content (AvgIpc) is 3.49. The molecule has 0 saturated carbocycles. The number of benzene rings is 2. The molecule has 0 amide bonds. The Kier molecular flexibility index (Phi) is 4.79. The largest absolute Gasteiger partial charge is 0.493 e. The monoisotopic (exact) mass is 502 g/mol. The quantitative estimate of drug-likeness (QED) is 0.388. The van der Waals surface area contributed by atoms with Crippen LogP contribution in [0.5, 0.6) is 17.5 Å². The van der Waals surface area contributed by atoms with Gasteiger partial charge < -0.3 is 9.47 Å². The molecule has 4 heterocycles. The number of aromatic amines is 1. The van der Waals surface area contributed by atoms with Crippen molar-refractivity contribution in [1.29, 1.82) is 0 Å². The van der Waals surface area contributed by atoms with Gasteiger partial charge in [0.25, 0.3) is 11.1 Å². The van der Waals surface area contributed by atoms with Gasteiger partial charge in [0.2, 0.25) is 0 Å². The van der Waals surface area contributed by atoms with E-state index >= 15 is 0 Å². The van der Waals surface area contributed by atoms with E-state index in [1.165, 1.54) is 34.6 Å². The molecule has 0 bridgehead atoms. The van der Waals surface area contributed by atoms with Gasteiger partial charge in [0.15, 0.2) is 27.6 Å². The van der Waals surface area contributed by atoms with E-state index < -0.39 is 11.2 Å². The Morgan fingerprint density at radius 1 is 1.00 bits per heavy atom. The third-order valence-corrected chi connectivity index (χ3v) is 6.89. The van der Waals surface area contributed by atoms with Gasteiger partial charge in [0.1, 0.15) is 0 Å². The van der Waals surface area contributed by atoms with Crippen LogP contribution in [0.1, 0.15) is 5.56 Å². The number of rotatable bonds is 4. The van der Waals surface area contributed by atoms with Crippen molar-refractivity contribution in [3.05, 3.63) is 83.8 Å². The molecule has 4 aromatic heterocycles. The number of ether oxygens (including phenoxy) is 2. The van der Waals surface area contributed by atoms with Crippen molar-refractivity contribution in [2.75, 3.05) is 7.11 Å². The molecule has 0 unspecified atom stereocenters. The van der Waals surface area contributed by atoms with Crippen LogP contribution in [0.2, 0.25) is 0 Å². The Hall–Kier alpha value is -4.71. The Balaban J connectivity index is 1.41. The lowest BCUT2D eigenvalue weighted by Gasteiger charge is -2.10. The van der Waals surface area contributed by atoms with E-state index in [9.17, 15) is 14.4 Å². The van der Waals surface area contributed by atoms with Crippen LogP contribution in [-0.4, -0.2) is 35.6 Å². The van der Waals surface area contributed by atoms with E-state index in [1.54, 1.807) is 35.7 Å². The molecule has 0 aliphatic carbocycles. The standard InChI is InChI=1S/C24H18N6O5S/c1-28-18-19(29(2)22(33)27-20(18)31)26-23(28)35-15-9-8-12(10-16(15)34-3)11-17-21(32)30-14-7-5-4-6-13(14)25-24(30)36-17/h4-11H,1-3H3,(H,27,31,33)/b17-11-. The van der Waals surface area contributed by atoms with E-state index in [4.69, 9.17) is 9.47 Å². The molecule has 0 spiro atoms. The van der Waals surface area contributed by atoms with Crippen LogP contribution >= 0.6 is 11.3 Å². The minimum atomic E-state index is -0.568. The Morgan fingerprint density at radius 2 is 1.81 bits per heavy atom. The highest BCUT2D eigenvalue weighted by Crippen LogP contribution is 2.32. The Labute approximate surface area is 205 Å². The van der Waals surface area contributed by atoms with E-state index in [0.717, 1.165) is 16.6 Å². The van der Waals surface area contributed by atoms with E-state index in [2.05, 4.69) is 15.0 Å². The van der Waals surface area contributed by atoms with E-state index in [-0.39, 0.29) is 22.7 Å². The summed E-state index contributed by atoms with van der Waals surface area (Å²) >= 11 is 1.31. The summed E-state index contributed by atoms with van der Waals surface area (Å²) in [7, 11) is 4.63. The number of hydrogen-bond donors (Lipinski definition) is 1. The summed E-state index contributed by atoms with van der Waals surface area (Å²) in [6, 6.07) is 12.8. The number of fused-ring (bicyclic) bond motifs is 4. The van der Waals surface area contributed by atoms with Gasteiger partial charge in [-0.1, -0.05) is 29.5 Å². The molecule has 0 fully saturated rings. The molecule has 36 heavy (non-hydrogen) atoms. The summed E-state index contributed by atoms with van der Waals surface area (Å²) in [5.41, 5.74) is 1.41. The fraction of sp³-hybridized carbons (Fsp3) is 0.125. The zero-order chi connectivity index (χ0) is 25.1. The molecule has 11 nitrogen and oxygen atoms in total. The number of aromatic nitrogens is 6. The molecule has 1 N–H and O–H groups in total. The first-order valence-corrected chi connectivity index (χ1v) is 11.6. The third-order valence-electron chi connectivity index (χ3n) is 5.93. The van der Waals surface area contributed by atoms with Crippen molar-refractivity contribution >= 4 is 44.6 Å². The highest BCUT2D eigenvalue weighted by molar-refractivity contribution is 7.15. The minimum absolute atomic E-state index is 0.111. The summed E-state index contributed by atoms with van der Waals surface area (Å²) in [5.74, 6) is 0.752. The lowest BCUT2D eigenvalue weighted by molar-refractivity contribution is 0.363. The van der Waals surface area contributed by atoms with Crippen LogP contribution in [0.15, 0.2) is 56.8 Å². The first-order chi connectivity index (χ1) is 17.4. The van der Waals surface area contributed by atoms with Crippen LogP contribution in [-0.2, 0) is 14.1 Å². The van der Waals surface area contributed by atoms with Gasteiger partial charge in [-0.3, -0.25) is 23.7 Å². The van der Waals surface area contributed by atoms with Gasteiger partial charge >= 0.3 is 11.7 Å². The summed E-state index contributed by atoms with van der Waals surface area (Å²) in [6.45, 7) is 0. The molecular formula is C24H18N6O5S. The average molecular weight is 503 g/mol. The highest BCUT2D eigenvalue weighted by Gasteiger charge is 2.18. The first-order valence-electron chi connectivity index (χ1n) is 10.8. The Morgan fingerprint density at radius 3 is 2.61 bits per heavy atom. The number of nitrogens with zero attached hydrogens (tertiary/aromatic N) is 5. The van der Waals surface area contributed by atoms with Gasteiger partial charge in [-0.05, 0) is 35.9 Å². The Bertz CT molecular complexity index is 2060. The molecule has 6 aromatic rings. The summed E-state index contributed by atoms with van der Waals surface area (Å²) in [4.78, 5) is 49.0. The minimum Gasteiger partial charge on any atom is -0.493 e. The maximum Gasteiger partial charge on any atom is 0.329 e. The van der Waals surface area contributed by atoms with Crippen molar-refractivity contribution in [3.63, 3.8) is 0 Å². The number of hydrogen-bond acceptors (Lipinski definition) is 8. The van der Waals surface area contributed by atoms with Gasteiger partial charge in [-0.15, -0.1) is 0 Å². The second-order valence-electron chi connectivity index (χ2n) is 8.09. The fourth-order valence-corrected chi connectivity index (χ4v) is 5.09. The lowest BCUT2D eigenvalue weighted by atomic mass is 10.2. The number of para-hydroxylation sites is 2. The number of imidazole rings is 2. The van der Waals surface area contributed by atoms with Crippen LogP contribution in [0.25, 0.3) is 33.2 Å². The maximum absolute atomic E-state index is 13.1. The molecule has 2 aromatic carbocycles. The van der Waals surface area contributed by atoms with Crippen molar-refractivity contribution in [1.82, 2.24) is 28.5 Å². The van der Waals surface area contributed by atoms with E-state index in [1.807, 2.05) is 24.3 Å². The molecule has 0 aliphatic heterocycles. The van der Waals surface area contributed by atoms with Gasteiger partial charge in [-0.2, -0.15) is 4.98 Å². The van der Waals surface area contributed by atoms with Crippen LogP contribution in [0, 0.1) is 0 Å². The topological polar surface area (TPSA) is 126 Å². The van der Waals surface area contributed by atoms with Gasteiger partial charge in [-0.25, -0.2) is 14.2 Å². The highest BCUT2D eigenvalue weighted by atomic mass is 32.1. The SMILES string of the molecule is COc1cc(/C=c2\sc3nc4ccccc4n3c2=O)ccc1Oc1nc2c(c(=O)[nH]c(=O)n2C)n1C. The number of H-pyrrole nitrogens is 1. The summed E-state index contributed by atoms with van der Waals surface area (Å²) < 4.78 is 16.3. The predicted molar refractivity (Wildman–Crippen MR) is 135 cm³/mol. The smallest absolute Gasteiger partial charge is 0.329 e. The van der Waals surface area contributed by atoms with E-state index in [0.29, 0.717) is 21.0 Å². The van der Waals surface area contributed by atoms with Crippen molar-refractivity contribution in [3.8, 4) is 17.5 Å². The van der Waals surface area contributed by atoms with Gasteiger partial charge in [0.05, 0.1) is 22.7 Å². The predicted octanol–water partition coefficient (Wildman–Crippen LogP) is 1.53. The third kappa shape index (κ3) is 3.22. The number of aryl methyl sites for hydroxylation is 2. The van der Waals surface area contributed by atoms with Crippen molar-refractivity contribution in [2.24, 2.45) is 14.1 Å². The molecule has 0 saturated heterocycles. The molecule has 0 atom stereocenters. The fourth-order valence-electron chi connectivity index (χ4n) is 4.10.